The molecule has 0 spiro atoms. The number of nitrogens with zero attached hydrogens (tertiary/aromatic N) is 1. The Hall–Kier alpha value is -2.85. The molecule has 0 radical (unpaired) electrons. The van der Waals surface area contributed by atoms with Crippen LogP contribution in [0, 0.1) is 6.92 Å². The lowest BCUT2D eigenvalue weighted by Crippen LogP contribution is -2.09. The van der Waals surface area contributed by atoms with Gasteiger partial charge in [0.2, 0.25) is 5.91 Å². The Bertz CT molecular complexity index is 967. The molecule has 0 fully saturated rings. The van der Waals surface area contributed by atoms with Gasteiger partial charge >= 0.3 is 0 Å². The second-order valence-electron chi connectivity index (χ2n) is 5.60. The lowest BCUT2D eigenvalue weighted by molar-refractivity contribution is -0.111. The minimum absolute atomic E-state index is 0.253. The lowest BCUT2D eigenvalue weighted by Gasteiger charge is -2.09. The van der Waals surface area contributed by atoms with E-state index in [2.05, 4.69) is 10.3 Å². The number of methoxy groups -OCH3 is 1. The van der Waals surface area contributed by atoms with Crippen molar-refractivity contribution in [3.63, 3.8) is 0 Å². The molecule has 3 rings (SSSR count). The Morgan fingerprint density at radius 1 is 1.16 bits per heavy atom. The van der Waals surface area contributed by atoms with Crippen LogP contribution in [-0.4, -0.2) is 18.0 Å². The van der Waals surface area contributed by atoms with E-state index in [9.17, 15) is 4.79 Å². The lowest BCUT2D eigenvalue weighted by atomic mass is 10.2. The molecule has 1 heterocycles. The van der Waals surface area contributed by atoms with Crippen LogP contribution in [0.25, 0.3) is 17.0 Å². The smallest absolute Gasteiger partial charge is 0.248 e. The quantitative estimate of drug-likeness (QED) is 0.682. The van der Waals surface area contributed by atoms with Crippen molar-refractivity contribution < 1.29 is 9.53 Å². The normalized spacial score (nSPS) is 11.0. The van der Waals surface area contributed by atoms with Gasteiger partial charge in [0, 0.05) is 16.5 Å². The highest BCUT2D eigenvalue weighted by Crippen LogP contribution is 2.25. The first kappa shape index (κ1) is 17.0. The summed E-state index contributed by atoms with van der Waals surface area (Å²) in [6.07, 6.45) is 3.11. The number of carbonyl (C=O) groups excluding carboxylic acids is 1. The summed E-state index contributed by atoms with van der Waals surface area (Å²) in [7, 11) is 1.57. The highest BCUT2D eigenvalue weighted by atomic mass is 35.5. The average molecular weight is 353 g/mol. The number of aryl methyl sites for hydroxylation is 1. The molecule has 1 aromatic heterocycles. The largest absolute Gasteiger partial charge is 0.495 e. The van der Waals surface area contributed by atoms with Crippen LogP contribution in [-0.2, 0) is 4.79 Å². The molecule has 0 aliphatic rings. The van der Waals surface area contributed by atoms with Gasteiger partial charge in [-0.2, -0.15) is 0 Å². The number of amides is 1. The Labute approximate surface area is 151 Å². The number of carbonyl (C=O) groups is 1. The number of hydrogen-bond acceptors (Lipinski definition) is 3. The molecular weight excluding hydrogens is 336 g/mol. The van der Waals surface area contributed by atoms with E-state index in [0.717, 1.165) is 16.5 Å². The zero-order chi connectivity index (χ0) is 17.8. The van der Waals surface area contributed by atoms with E-state index >= 15 is 0 Å². The van der Waals surface area contributed by atoms with Crippen molar-refractivity contribution in [2.24, 2.45) is 0 Å². The van der Waals surface area contributed by atoms with E-state index in [4.69, 9.17) is 16.3 Å². The van der Waals surface area contributed by atoms with Gasteiger partial charge in [-0.05, 0) is 48.9 Å². The summed E-state index contributed by atoms with van der Waals surface area (Å²) in [6.45, 7) is 1.95. The van der Waals surface area contributed by atoms with Crippen LogP contribution in [0.2, 0.25) is 5.02 Å². The standard InChI is InChI=1S/C20H17ClN2O2/c1-13-3-9-19(25-2)18(11-13)23-20(24)10-8-16-7-5-14-4-6-15(21)12-17(14)22-16/h3-12H,1-2H3,(H,23,24). The van der Waals surface area contributed by atoms with Gasteiger partial charge in [-0.25, -0.2) is 4.98 Å². The van der Waals surface area contributed by atoms with E-state index < -0.39 is 0 Å². The molecule has 2 aromatic carbocycles. The Morgan fingerprint density at radius 3 is 2.76 bits per heavy atom. The SMILES string of the molecule is COc1ccc(C)cc1NC(=O)C=Cc1ccc2ccc(Cl)cc2n1. The van der Waals surface area contributed by atoms with Gasteiger partial charge in [0.25, 0.3) is 0 Å². The Kier molecular flexibility index (Phi) is 5.00. The molecule has 1 amide bonds. The van der Waals surface area contributed by atoms with Crippen molar-refractivity contribution in [3.8, 4) is 5.75 Å². The van der Waals surface area contributed by atoms with Crippen molar-refractivity contribution in [3.05, 3.63) is 70.9 Å². The van der Waals surface area contributed by atoms with Gasteiger partial charge in [-0.3, -0.25) is 4.79 Å². The molecule has 0 saturated heterocycles. The van der Waals surface area contributed by atoms with Crippen molar-refractivity contribution in [1.29, 1.82) is 0 Å². The number of benzene rings is 2. The van der Waals surface area contributed by atoms with Crippen LogP contribution in [0.15, 0.2) is 54.6 Å². The molecule has 0 atom stereocenters. The maximum atomic E-state index is 12.2. The number of aromatic nitrogens is 1. The van der Waals surface area contributed by atoms with Gasteiger partial charge in [0.1, 0.15) is 5.75 Å². The van der Waals surface area contributed by atoms with E-state index in [1.54, 1.807) is 19.3 Å². The van der Waals surface area contributed by atoms with E-state index in [0.29, 0.717) is 22.2 Å². The number of ether oxygens (including phenoxy) is 1. The van der Waals surface area contributed by atoms with Crippen LogP contribution in [0.5, 0.6) is 5.75 Å². The molecule has 25 heavy (non-hydrogen) atoms. The summed E-state index contributed by atoms with van der Waals surface area (Å²) < 4.78 is 5.26. The summed E-state index contributed by atoms with van der Waals surface area (Å²) in [5, 5.41) is 4.45. The van der Waals surface area contributed by atoms with Gasteiger partial charge in [-0.15, -0.1) is 0 Å². The molecule has 1 N–H and O–H groups in total. The minimum atomic E-state index is -0.253. The predicted molar refractivity (Wildman–Crippen MR) is 102 cm³/mol. The number of fused-ring (bicyclic) bond motifs is 1. The molecule has 4 nitrogen and oxygen atoms in total. The summed E-state index contributed by atoms with van der Waals surface area (Å²) in [6, 6.07) is 14.9. The highest BCUT2D eigenvalue weighted by molar-refractivity contribution is 6.31. The number of pyridine rings is 1. The molecular formula is C20H17ClN2O2. The van der Waals surface area contributed by atoms with Gasteiger partial charge in [-0.1, -0.05) is 29.8 Å². The topological polar surface area (TPSA) is 51.2 Å². The monoisotopic (exact) mass is 352 g/mol. The van der Waals surface area contributed by atoms with Crippen LogP contribution in [0.3, 0.4) is 0 Å². The van der Waals surface area contributed by atoms with Crippen LogP contribution < -0.4 is 10.1 Å². The van der Waals surface area contributed by atoms with Crippen LogP contribution >= 0.6 is 11.6 Å². The maximum Gasteiger partial charge on any atom is 0.248 e. The van der Waals surface area contributed by atoms with E-state index in [1.807, 2.05) is 49.4 Å². The first-order valence-electron chi connectivity index (χ1n) is 7.75. The van der Waals surface area contributed by atoms with Crippen molar-refractivity contribution in [2.75, 3.05) is 12.4 Å². The molecule has 0 bridgehead atoms. The number of rotatable bonds is 4. The molecule has 3 aromatic rings. The highest BCUT2D eigenvalue weighted by Gasteiger charge is 2.06. The molecule has 0 aliphatic heterocycles. The van der Waals surface area contributed by atoms with E-state index in [-0.39, 0.29) is 5.91 Å². The van der Waals surface area contributed by atoms with E-state index in [1.165, 1.54) is 6.08 Å². The van der Waals surface area contributed by atoms with Crippen LogP contribution in [0.4, 0.5) is 5.69 Å². The third-order valence-electron chi connectivity index (χ3n) is 3.69. The molecule has 5 heteroatoms. The third kappa shape index (κ3) is 4.17. The Morgan fingerprint density at radius 2 is 1.96 bits per heavy atom. The number of halogens is 1. The van der Waals surface area contributed by atoms with Crippen molar-refractivity contribution in [1.82, 2.24) is 4.98 Å². The summed E-state index contributed by atoms with van der Waals surface area (Å²) in [4.78, 5) is 16.7. The van der Waals surface area contributed by atoms with Gasteiger partial charge in [0.05, 0.1) is 24.0 Å². The fourth-order valence-corrected chi connectivity index (χ4v) is 2.62. The van der Waals surface area contributed by atoms with Gasteiger partial charge < -0.3 is 10.1 Å². The minimum Gasteiger partial charge on any atom is -0.495 e. The average Bonchev–Trinajstić information content (AvgIpc) is 2.60. The van der Waals surface area contributed by atoms with Crippen molar-refractivity contribution >= 4 is 40.2 Å². The zero-order valence-electron chi connectivity index (χ0n) is 13.9. The van der Waals surface area contributed by atoms with Gasteiger partial charge in [0.15, 0.2) is 0 Å². The second-order valence-corrected chi connectivity index (χ2v) is 6.04. The fourth-order valence-electron chi connectivity index (χ4n) is 2.45. The molecule has 126 valence electrons. The summed E-state index contributed by atoms with van der Waals surface area (Å²) in [5.41, 5.74) is 3.14. The Balaban J connectivity index is 1.77. The van der Waals surface area contributed by atoms with Crippen molar-refractivity contribution in [2.45, 2.75) is 6.92 Å². The van der Waals surface area contributed by atoms with Crippen LogP contribution in [0.1, 0.15) is 11.3 Å². The number of nitrogens with one attached hydrogen (secondary N) is 1. The summed E-state index contributed by atoms with van der Waals surface area (Å²) >= 11 is 6.00. The second kappa shape index (κ2) is 7.36. The third-order valence-corrected chi connectivity index (χ3v) is 3.93. The fraction of sp³-hybridized carbons (Fsp3) is 0.100. The molecule has 0 unspecified atom stereocenters. The first-order chi connectivity index (χ1) is 12.0. The number of anilines is 1. The summed E-state index contributed by atoms with van der Waals surface area (Å²) in [5.74, 6) is 0.364. The first-order valence-corrected chi connectivity index (χ1v) is 8.13. The molecule has 0 saturated carbocycles. The maximum absolute atomic E-state index is 12.2. The zero-order valence-corrected chi connectivity index (χ0v) is 14.7. The number of hydrogen-bond donors (Lipinski definition) is 1. The molecule has 0 aliphatic carbocycles. The predicted octanol–water partition coefficient (Wildman–Crippen LogP) is 4.86.